The van der Waals surface area contributed by atoms with E-state index in [1.807, 2.05) is 78.2 Å². The summed E-state index contributed by atoms with van der Waals surface area (Å²) in [5.74, 6) is 0.507. The van der Waals surface area contributed by atoms with Gasteiger partial charge in [-0.15, -0.1) is 0 Å². The maximum Gasteiger partial charge on any atom is 0.408 e. The van der Waals surface area contributed by atoms with E-state index in [9.17, 15) is 9.59 Å². The summed E-state index contributed by atoms with van der Waals surface area (Å²) in [4.78, 5) is 25.7. The number of hydrogen-bond donors (Lipinski definition) is 1. The molecule has 1 N–H and O–H groups in total. The highest BCUT2D eigenvalue weighted by atomic mass is 16.6. The molecule has 0 radical (unpaired) electrons. The van der Waals surface area contributed by atoms with Gasteiger partial charge in [-0.25, -0.2) is 4.79 Å². The van der Waals surface area contributed by atoms with Crippen LogP contribution in [0.25, 0.3) is 33.2 Å². The van der Waals surface area contributed by atoms with E-state index in [4.69, 9.17) is 9.15 Å². The van der Waals surface area contributed by atoms with Gasteiger partial charge in [-0.1, -0.05) is 6.07 Å². The summed E-state index contributed by atoms with van der Waals surface area (Å²) in [6.07, 6.45) is 1.40. The van der Waals surface area contributed by atoms with Crippen molar-refractivity contribution in [2.24, 2.45) is 7.05 Å². The molecule has 2 heterocycles. The van der Waals surface area contributed by atoms with Crippen molar-refractivity contribution < 1.29 is 13.9 Å². The Hall–Kier alpha value is -3.61. The minimum absolute atomic E-state index is 0.0908. The van der Waals surface area contributed by atoms with Crippen LogP contribution in [0.3, 0.4) is 0 Å². The minimum Gasteiger partial charge on any atom is -0.455 e. The fraction of sp³-hybridized carbons (Fsp3) is 0.346. The summed E-state index contributed by atoms with van der Waals surface area (Å²) in [5.41, 5.74) is 3.59. The third-order valence-corrected chi connectivity index (χ3v) is 5.47. The molecule has 4 rings (SSSR count). The molecule has 0 saturated heterocycles. The lowest BCUT2D eigenvalue weighted by atomic mass is 9.99. The lowest BCUT2D eigenvalue weighted by Crippen LogP contribution is -2.34. The van der Waals surface area contributed by atoms with E-state index in [0.29, 0.717) is 22.3 Å². The summed E-state index contributed by atoms with van der Waals surface area (Å²) in [6.45, 7) is 11.0. The van der Waals surface area contributed by atoms with E-state index in [1.54, 1.807) is 11.6 Å². The molecule has 1 atom stereocenters. The molecule has 2 aromatic carbocycles. The highest BCUT2D eigenvalue weighted by Gasteiger charge is 2.22. The van der Waals surface area contributed by atoms with Gasteiger partial charge in [0.15, 0.2) is 5.43 Å². The Kier molecular flexibility index (Phi) is 5.52. The average Bonchev–Trinajstić information content (AvgIpc) is 3.08. The molecule has 4 aromatic rings. The van der Waals surface area contributed by atoms with Crippen LogP contribution in [0.4, 0.5) is 4.79 Å². The first kappa shape index (κ1) is 22.6. The maximum absolute atomic E-state index is 13.3. The normalized spacial score (nSPS) is 12.8. The van der Waals surface area contributed by atoms with Gasteiger partial charge in [0.05, 0.1) is 16.9 Å². The van der Waals surface area contributed by atoms with Crippen LogP contribution >= 0.6 is 0 Å². The van der Waals surface area contributed by atoms with E-state index in [2.05, 4.69) is 10.4 Å². The number of nitrogens with one attached hydrogen (secondary N) is 1. The van der Waals surface area contributed by atoms with Crippen molar-refractivity contribution in [3.63, 3.8) is 0 Å². The van der Waals surface area contributed by atoms with Gasteiger partial charge >= 0.3 is 6.09 Å². The molecule has 0 spiro atoms. The number of rotatable bonds is 3. The van der Waals surface area contributed by atoms with Gasteiger partial charge in [-0.2, -0.15) is 5.10 Å². The molecule has 0 fully saturated rings. The summed E-state index contributed by atoms with van der Waals surface area (Å²) in [7, 11) is 1.87. The smallest absolute Gasteiger partial charge is 0.408 e. The van der Waals surface area contributed by atoms with Crippen molar-refractivity contribution in [1.82, 2.24) is 15.1 Å². The van der Waals surface area contributed by atoms with Gasteiger partial charge in [0.2, 0.25) is 0 Å². The molecular formula is C26H29N3O4. The number of carbonyl (C=O) groups excluding carboxylic acids is 1. The van der Waals surface area contributed by atoms with Crippen molar-refractivity contribution >= 4 is 28.0 Å². The van der Waals surface area contributed by atoms with Crippen LogP contribution in [0.15, 0.2) is 45.7 Å². The van der Waals surface area contributed by atoms with E-state index in [-0.39, 0.29) is 5.43 Å². The largest absolute Gasteiger partial charge is 0.455 e. The summed E-state index contributed by atoms with van der Waals surface area (Å²) in [5, 5.41) is 8.72. The van der Waals surface area contributed by atoms with Crippen LogP contribution in [-0.2, 0) is 11.8 Å². The van der Waals surface area contributed by atoms with Gasteiger partial charge in [0, 0.05) is 35.3 Å². The molecule has 7 nitrogen and oxygen atoms in total. The first-order valence-corrected chi connectivity index (χ1v) is 10.9. The Labute approximate surface area is 192 Å². The van der Waals surface area contributed by atoms with Gasteiger partial charge in [-0.3, -0.25) is 9.48 Å². The van der Waals surface area contributed by atoms with Crippen LogP contribution in [0.1, 0.15) is 50.4 Å². The lowest BCUT2D eigenvalue weighted by Gasteiger charge is -2.22. The molecule has 1 amide bonds. The van der Waals surface area contributed by atoms with Crippen LogP contribution in [0.5, 0.6) is 0 Å². The third-order valence-electron chi connectivity index (χ3n) is 5.47. The molecule has 2 aromatic heterocycles. The average molecular weight is 448 g/mol. The number of nitrogens with zero attached hydrogens (tertiary/aromatic N) is 2. The molecule has 0 saturated carbocycles. The lowest BCUT2D eigenvalue weighted by molar-refractivity contribution is 0.0508. The summed E-state index contributed by atoms with van der Waals surface area (Å²) < 4.78 is 13.5. The third kappa shape index (κ3) is 4.49. The number of aryl methyl sites for hydroxylation is 2. The SMILES string of the molecule is Cc1cc([C@@H](C)NC(=O)OC(C)(C)C)c2oc(-c3ccc4nn(C)cc4c3)c(C)c(=O)c2c1. The predicted molar refractivity (Wildman–Crippen MR) is 129 cm³/mol. The van der Waals surface area contributed by atoms with E-state index < -0.39 is 17.7 Å². The van der Waals surface area contributed by atoms with Gasteiger partial charge < -0.3 is 14.5 Å². The maximum atomic E-state index is 13.3. The summed E-state index contributed by atoms with van der Waals surface area (Å²) >= 11 is 0. The quantitative estimate of drug-likeness (QED) is 0.445. The number of amides is 1. The second kappa shape index (κ2) is 8.06. The Morgan fingerprint density at radius 3 is 2.61 bits per heavy atom. The zero-order chi connectivity index (χ0) is 24.1. The zero-order valence-electron chi connectivity index (χ0n) is 20.1. The van der Waals surface area contributed by atoms with Crippen molar-refractivity contribution in [2.75, 3.05) is 0 Å². The Bertz CT molecular complexity index is 1440. The van der Waals surface area contributed by atoms with Gasteiger partial charge in [0.25, 0.3) is 0 Å². The van der Waals surface area contributed by atoms with E-state index in [0.717, 1.165) is 27.6 Å². The molecule has 0 aliphatic heterocycles. The molecule has 0 bridgehead atoms. The highest BCUT2D eigenvalue weighted by molar-refractivity contribution is 5.87. The number of fused-ring (bicyclic) bond motifs is 2. The summed E-state index contributed by atoms with van der Waals surface area (Å²) in [6, 6.07) is 9.11. The van der Waals surface area contributed by atoms with Crippen molar-refractivity contribution in [1.29, 1.82) is 0 Å². The Morgan fingerprint density at radius 2 is 1.91 bits per heavy atom. The fourth-order valence-electron chi connectivity index (χ4n) is 4.02. The number of benzene rings is 2. The molecule has 0 unspecified atom stereocenters. The van der Waals surface area contributed by atoms with E-state index >= 15 is 0 Å². The highest BCUT2D eigenvalue weighted by Crippen LogP contribution is 2.32. The van der Waals surface area contributed by atoms with Crippen molar-refractivity contribution in [3.05, 3.63) is 63.4 Å². The van der Waals surface area contributed by atoms with Crippen LogP contribution < -0.4 is 10.7 Å². The van der Waals surface area contributed by atoms with Crippen molar-refractivity contribution in [2.45, 2.75) is 53.2 Å². The molecule has 33 heavy (non-hydrogen) atoms. The number of ether oxygens (including phenoxy) is 1. The van der Waals surface area contributed by atoms with Crippen LogP contribution in [0.2, 0.25) is 0 Å². The number of alkyl carbamates (subject to hydrolysis) is 1. The standard InChI is InChI=1S/C26H29N3O4/c1-14-10-19(16(3)27-25(31)33-26(4,5)6)24-20(11-14)22(30)15(2)23(32-24)17-8-9-21-18(12-17)13-29(7)28-21/h8-13,16H,1-7H3,(H,27,31)/t16-/m1/s1. The fourth-order valence-corrected chi connectivity index (χ4v) is 4.02. The predicted octanol–water partition coefficient (Wildman–Crippen LogP) is 5.55. The van der Waals surface area contributed by atoms with Crippen LogP contribution in [0, 0.1) is 13.8 Å². The van der Waals surface area contributed by atoms with E-state index in [1.165, 1.54) is 0 Å². The molecular weight excluding hydrogens is 418 g/mol. The molecule has 172 valence electrons. The van der Waals surface area contributed by atoms with Gasteiger partial charge in [0.1, 0.15) is 16.9 Å². The number of aromatic nitrogens is 2. The Morgan fingerprint density at radius 1 is 1.18 bits per heavy atom. The second-order valence-electron chi connectivity index (χ2n) is 9.56. The first-order valence-electron chi connectivity index (χ1n) is 10.9. The number of carbonyl (C=O) groups is 1. The topological polar surface area (TPSA) is 86.4 Å². The minimum atomic E-state index is -0.611. The molecule has 7 heteroatoms. The molecule has 0 aliphatic carbocycles. The Balaban J connectivity index is 1.85. The second-order valence-corrected chi connectivity index (χ2v) is 9.56. The number of hydrogen-bond acceptors (Lipinski definition) is 5. The monoisotopic (exact) mass is 447 g/mol. The van der Waals surface area contributed by atoms with Crippen LogP contribution in [-0.4, -0.2) is 21.5 Å². The van der Waals surface area contributed by atoms with Gasteiger partial charge in [-0.05, 0) is 71.4 Å². The molecule has 0 aliphatic rings. The zero-order valence-corrected chi connectivity index (χ0v) is 20.1. The van der Waals surface area contributed by atoms with Crippen molar-refractivity contribution in [3.8, 4) is 11.3 Å². The first-order chi connectivity index (χ1) is 15.4.